The number of ketones is 1. The molecule has 0 unspecified atom stereocenters. The van der Waals surface area contributed by atoms with E-state index in [0.717, 1.165) is 22.9 Å². The van der Waals surface area contributed by atoms with Crippen LogP contribution >= 0.6 is 0 Å². The molecule has 38 heavy (non-hydrogen) atoms. The van der Waals surface area contributed by atoms with Gasteiger partial charge in [0.2, 0.25) is 5.78 Å². The van der Waals surface area contributed by atoms with E-state index in [-0.39, 0.29) is 11.3 Å². The van der Waals surface area contributed by atoms with Gasteiger partial charge in [-0.2, -0.15) is 0 Å². The first-order valence-electron chi connectivity index (χ1n) is 12.3. The number of aromatic nitrogens is 1. The predicted molar refractivity (Wildman–Crippen MR) is 147 cm³/mol. The first kappa shape index (κ1) is 24.8. The third kappa shape index (κ3) is 4.89. The number of methoxy groups -OCH3 is 2. The Kier molecular flexibility index (Phi) is 6.96. The Balaban J connectivity index is 1.63. The third-order valence-electron chi connectivity index (χ3n) is 6.68. The van der Waals surface area contributed by atoms with Crippen molar-refractivity contribution in [2.45, 2.75) is 13.0 Å². The molecular weight excluding hydrogens is 478 g/mol. The van der Waals surface area contributed by atoms with Crippen LogP contribution in [-0.2, 0) is 13.0 Å². The van der Waals surface area contributed by atoms with E-state index in [2.05, 4.69) is 12.1 Å². The molecule has 5 aromatic rings. The molecule has 190 valence electrons. The van der Waals surface area contributed by atoms with Crippen LogP contribution in [0.5, 0.6) is 11.5 Å². The van der Waals surface area contributed by atoms with E-state index in [1.54, 1.807) is 50.6 Å². The molecule has 0 amide bonds. The molecule has 0 aliphatic rings. The zero-order valence-corrected chi connectivity index (χ0v) is 21.2. The van der Waals surface area contributed by atoms with Gasteiger partial charge in [-0.15, -0.1) is 0 Å². The average Bonchev–Trinajstić information content (AvgIpc) is 3.33. The van der Waals surface area contributed by atoms with Gasteiger partial charge in [0.05, 0.1) is 25.5 Å². The number of aromatic carboxylic acids is 1. The fourth-order valence-electron chi connectivity index (χ4n) is 4.76. The van der Waals surface area contributed by atoms with Crippen LogP contribution in [0.4, 0.5) is 0 Å². The van der Waals surface area contributed by atoms with Crippen molar-refractivity contribution in [1.29, 1.82) is 0 Å². The number of nitrogens with zero attached hydrogens (tertiary/aromatic N) is 1. The Morgan fingerprint density at radius 2 is 1.47 bits per heavy atom. The van der Waals surface area contributed by atoms with E-state index in [9.17, 15) is 14.7 Å². The minimum atomic E-state index is -0.982. The minimum Gasteiger partial charge on any atom is -0.497 e. The van der Waals surface area contributed by atoms with Crippen LogP contribution in [0.15, 0.2) is 97.1 Å². The molecule has 1 N–H and O–H groups in total. The van der Waals surface area contributed by atoms with E-state index in [4.69, 9.17) is 9.47 Å². The topological polar surface area (TPSA) is 77.8 Å². The fraction of sp³-hybridized carbons (Fsp3) is 0.125. The molecule has 0 radical (unpaired) electrons. The second kappa shape index (κ2) is 10.6. The van der Waals surface area contributed by atoms with Crippen LogP contribution in [0.1, 0.15) is 32.0 Å². The summed E-state index contributed by atoms with van der Waals surface area (Å²) in [6.45, 7) is 0.598. The Hall–Kier alpha value is -4.84. The maximum atomic E-state index is 13.9. The van der Waals surface area contributed by atoms with E-state index >= 15 is 0 Å². The molecule has 6 heteroatoms. The summed E-state index contributed by atoms with van der Waals surface area (Å²) in [4.78, 5) is 25.7. The molecule has 0 saturated heterocycles. The molecule has 6 nitrogen and oxygen atoms in total. The number of fused-ring (bicyclic) bond motifs is 1. The van der Waals surface area contributed by atoms with Crippen LogP contribution in [-0.4, -0.2) is 35.6 Å². The molecule has 0 spiro atoms. The van der Waals surface area contributed by atoms with Crippen molar-refractivity contribution in [3.63, 3.8) is 0 Å². The van der Waals surface area contributed by atoms with Crippen molar-refractivity contribution in [2.24, 2.45) is 0 Å². The molecule has 0 fully saturated rings. The number of carboxylic acids is 1. The summed E-state index contributed by atoms with van der Waals surface area (Å²) < 4.78 is 12.8. The summed E-state index contributed by atoms with van der Waals surface area (Å²) in [6, 6.07) is 29.9. The first-order valence-corrected chi connectivity index (χ1v) is 12.3. The molecule has 0 aliphatic carbocycles. The van der Waals surface area contributed by atoms with Crippen LogP contribution in [0.25, 0.3) is 22.0 Å². The Morgan fingerprint density at radius 1 is 0.789 bits per heavy atom. The summed E-state index contributed by atoms with van der Waals surface area (Å²) in [6.07, 6.45) is 0.746. The average molecular weight is 506 g/mol. The van der Waals surface area contributed by atoms with Gasteiger partial charge in [-0.1, -0.05) is 54.6 Å². The molecule has 1 heterocycles. The molecular formula is C32H27NO5. The van der Waals surface area contributed by atoms with Gasteiger partial charge in [-0.3, -0.25) is 4.79 Å². The number of rotatable bonds is 9. The zero-order valence-electron chi connectivity index (χ0n) is 21.2. The second-order valence-electron chi connectivity index (χ2n) is 8.97. The highest BCUT2D eigenvalue weighted by Crippen LogP contribution is 2.31. The molecule has 0 saturated carbocycles. The number of carboxylic acid groups (broad SMARTS) is 1. The number of hydrogen-bond acceptors (Lipinski definition) is 4. The SMILES string of the molecule is COc1cc(OC)cc(C(=O)c2cc3cc(-c4ccccc4C(=O)O)ccc3n2CCc2ccccc2)c1. The van der Waals surface area contributed by atoms with Crippen molar-refractivity contribution in [1.82, 2.24) is 4.57 Å². The van der Waals surface area contributed by atoms with Crippen LogP contribution in [0, 0.1) is 0 Å². The lowest BCUT2D eigenvalue weighted by atomic mass is 9.98. The largest absolute Gasteiger partial charge is 0.497 e. The monoisotopic (exact) mass is 505 g/mol. The molecule has 5 rings (SSSR count). The fourth-order valence-corrected chi connectivity index (χ4v) is 4.76. The molecule has 1 aromatic heterocycles. The standard InChI is InChI=1S/C32H27NO5/c1-37-25-17-24(18-26(20-25)38-2)31(34)30-19-23-16-22(27-10-6-7-11-28(27)32(35)36)12-13-29(23)33(30)15-14-21-8-4-3-5-9-21/h3-13,16-20H,14-15H2,1-2H3,(H,35,36). The Labute approximate surface area is 220 Å². The highest BCUT2D eigenvalue weighted by molar-refractivity contribution is 6.11. The summed E-state index contributed by atoms with van der Waals surface area (Å²) in [7, 11) is 3.10. The molecule has 0 aliphatic heterocycles. The number of ether oxygens (including phenoxy) is 2. The van der Waals surface area contributed by atoms with Gasteiger partial charge in [0.1, 0.15) is 11.5 Å². The van der Waals surface area contributed by atoms with Crippen LogP contribution in [0.3, 0.4) is 0 Å². The second-order valence-corrected chi connectivity index (χ2v) is 8.97. The van der Waals surface area contributed by atoms with E-state index in [0.29, 0.717) is 34.9 Å². The number of benzene rings is 4. The summed E-state index contributed by atoms with van der Waals surface area (Å²) >= 11 is 0. The lowest BCUT2D eigenvalue weighted by Crippen LogP contribution is -2.12. The van der Waals surface area contributed by atoms with Gasteiger partial charge in [-0.05, 0) is 59.5 Å². The van der Waals surface area contributed by atoms with Gasteiger partial charge < -0.3 is 19.1 Å². The zero-order chi connectivity index (χ0) is 26.6. The molecule has 0 bridgehead atoms. The maximum Gasteiger partial charge on any atom is 0.336 e. The third-order valence-corrected chi connectivity index (χ3v) is 6.68. The molecule has 4 aromatic carbocycles. The van der Waals surface area contributed by atoms with Gasteiger partial charge in [0.25, 0.3) is 0 Å². The van der Waals surface area contributed by atoms with Gasteiger partial charge in [-0.25, -0.2) is 4.79 Å². The van der Waals surface area contributed by atoms with E-state index in [1.165, 1.54) is 5.56 Å². The van der Waals surface area contributed by atoms with Gasteiger partial charge >= 0.3 is 5.97 Å². The quantitative estimate of drug-likeness (QED) is 0.232. The van der Waals surface area contributed by atoms with Crippen molar-refractivity contribution in [3.05, 3.63) is 119 Å². The van der Waals surface area contributed by atoms with Crippen LogP contribution in [0.2, 0.25) is 0 Å². The van der Waals surface area contributed by atoms with Crippen molar-refractivity contribution in [2.75, 3.05) is 14.2 Å². The highest BCUT2D eigenvalue weighted by Gasteiger charge is 2.20. The van der Waals surface area contributed by atoms with Gasteiger partial charge in [0, 0.05) is 29.1 Å². The number of carbonyl (C=O) groups excluding carboxylic acids is 1. The van der Waals surface area contributed by atoms with Crippen molar-refractivity contribution < 1.29 is 24.2 Å². The predicted octanol–water partition coefficient (Wildman–Crippen LogP) is 6.50. The molecule has 0 atom stereocenters. The number of hydrogen-bond donors (Lipinski definition) is 1. The minimum absolute atomic E-state index is 0.154. The van der Waals surface area contributed by atoms with Gasteiger partial charge in [0.15, 0.2) is 0 Å². The summed E-state index contributed by atoms with van der Waals surface area (Å²) in [5, 5.41) is 10.5. The number of carbonyl (C=O) groups is 2. The first-order chi connectivity index (χ1) is 18.5. The Morgan fingerprint density at radius 3 is 2.16 bits per heavy atom. The Bertz CT molecular complexity index is 1610. The lowest BCUT2D eigenvalue weighted by molar-refractivity contribution is 0.0697. The highest BCUT2D eigenvalue weighted by atomic mass is 16.5. The lowest BCUT2D eigenvalue weighted by Gasteiger charge is -2.12. The maximum absolute atomic E-state index is 13.9. The van der Waals surface area contributed by atoms with Crippen molar-refractivity contribution in [3.8, 4) is 22.6 Å². The number of aryl methyl sites for hydroxylation is 2. The smallest absolute Gasteiger partial charge is 0.336 e. The van der Waals surface area contributed by atoms with Crippen LogP contribution < -0.4 is 9.47 Å². The van der Waals surface area contributed by atoms with E-state index < -0.39 is 5.97 Å². The summed E-state index contributed by atoms with van der Waals surface area (Å²) in [5.41, 5.74) is 4.70. The van der Waals surface area contributed by atoms with Crippen molar-refractivity contribution >= 4 is 22.7 Å². The normalized spacial score (nSPS) is 10.9. The summed E-state index contributed by atoms with van der Waals surface area (Å²) in [5.74, 6) is -0.0673. The van der Waals surface area contributed by atoms with E-state index in [1.807, 2.05) is 53.1 Å².